The highest BCUT2D eigenvalue weighted by molar-refractivity contribution is 5.88. The van der Waals surface area contributed by atoms with Gasteiger partial charge in [-0.15, -0.1) is 0 Å². The SMILES string of the molecule is CC(C)c1cc(C(=O)O)cc(N(CC(F)(F)F)C(C)C)n1. The molecule has 1 N–H and O–H groups in total. The van der Waals surface area contributed by atoms with Gasteiger partial charge in [0.05, 0.1) is 5.56 Å². The summed E-state index contributed by atoms with van der Waals surface area (Å²) in [7, 11) is 0. The number of pyridine rings is 1. The van der Waals surface area contributed by atoms with Gasteiger partial charge >= 0.3 is 12.1 Å². The molecule has 0 atom stereocenters. The molecule has 0 aliphatic carbocycles. The summed E-state index contributed by atoms with van der Waals surface area (Å²) in [6.45, 7) is 5.66. The number of alkyl halides is 3. The molecule has 0 amide bonds. The molecule has 1 aromatic rings. The van der Waals surface area contributed by atoms with Gasteiger partial charge in [0, 0.05) is 11.7 Å². The number of aromatic nitrogens is 1. The van der Waals surface area contributed by atoms with Crippen molar-refractivity contribution in [3.63, 3.8) is 0 Å². The average Bonchev–Trinajstić information content (AvgIpc) is 2.33. The first-order chi connectivity index (χ1) is 9.51. The largest absolute Gasteiger partial charge is 0.478 e. The van der Waals surface area contributed by atoms with Crippen LogP contribution in [0.1, 0.15) is 49.7 Å². The first kappa shape index (κ1) is 17.3. The topological polar surface area (TPSA) is 53.4 Å². The van der Waals surface area contributed by atoms with Crippen LogP contribution >= 0.6 is 0 Å². The molecule has 0 aromatic carbocycles. The Morgan fingerprint density at radius 1 is 1.29 bits per heavy atom. The van der Waals surface area contributed by atoms with E-state index in [0.29, 0.717) is 5.69 Å². The van der Waals surface area contributed by atoms with Gasteiger partial charge in [-0.2, -0.15) is 13.2 Å². The van der Waals surface area contributed by atoms with Crippen molar-refractivity contribution in [3.8, 4) is 0 Å². The van der Waals surface area contributed by atoms with Gasteiger partial charge in [-0.25, -0.2) is 9.78 Å². The molecule has 118 valence electrons. The zero-order valence-corrected chi connectivity index (χ0v) is 12.4. The van der Waals surface area contributed by atoms with E-state index in [-0.39, 0.29) is 17.3 Å². The molecule has 0 unspecified atom stereocenters. The molecule has 7 heteroatoms. The number of halogens is 3. The molecule has 0 fully saturated rings. The van der Waals surface area contributed by atoms with Gasteiger partial charge < -0.3 is 10.0 Å². The maximum absolute atomic E-state index is 12.7. The van der Waals surface area contributed by atoms with E-state index in [4.69, 9.17) is 5.11 Å². The molecule has 0 saturated heterocycles. The number of hydrogen-bond donors (Lipinski definition) is 1. The minimum Gasteiger partial charge on any atom is -0.478 e. The summed E-state index contributed by atoms with van der Waals surface area (Å²) in [5, 5.41) is 9.10. The lowest BCUT2D eigenvalue weighted by Gasteiger charge is -2.29. The number of carbonyl (C=O) groups is 1. The van der Waals surface area contributed by atoms with E-state index in [2.05, 4.69) is 4.98 Å². The van der Waals surface area contributed by atoms with Crippen molar-refractivity contribution in [2.45, 2.75) is 45.8 Å². The zero-order valence-electron chi connectivity index (χ0n) is 12.4. The van der Waals surface area contributed by atoms with E-state index in [0.717, 1.165) is 4.90 Å². The van der Waals surface area contributed by atoms with Gasteiger partial charge in [-0.1, -0.05) is 13.8 Å². The number of carboxylic acid groups (broad SMARTS) is 1. The predicted octanol–water partition coefficient (Wildman–Crippen LogP) is 3.68. The van der Waals surface area contributed by atoms with Crippen molar-refractivity contribution in [2.24, 2.45) is 0 Å². The number of nitrogens with zero attached hydrogens (tertiary/aromatic N) is 2. The van der Waals surface area contributed by atoms with E-state index >= 15 is 0 Å². The van der Waals surface area contributed by atoms with Crippen LogP contribution in [0.5, 0.6) is 0 Å². The molecule has 0 aliphatic heterocycles. The number of rotatable bonds is 5. The van der Waals surface area contributed by atoms with Crippen molar-refractivity contribution < 1.29 is 23.1 Å². The van der Waals surface area contributed by atoms with Gasteiger partial charge in [-0.3, -0.25) is 0 Å². The molecule has 4 nitrogen and oxygen atoms in total. The molecule has 0 radical (unpaired) electrons. The van der Waals surface area contributed by atoms with Gasteiger partial charge in [-0.05, 0) is 31.9 Å². The highest BCUT2D eigenvalue weighted by atomic mass is 19.4. The van der Waals surface area contributed by atoms with E-state index in [1.807, 2.05) is 0 Å². The second kappa shape index (κ2) is 6.32. The number of carboxylic acids is 1. The molecule has 1 rings (SSSR count). The van der Waals surface area contributed by atoms with Crippen LogP contribution in [0, 0.1) is 0 Å². The van der Waals surface area contributed by atoms with Crippen molar-refractivity contribution >= 4 is 11.8 Å². The Labute approximate surface area is 121 Å². The number of anilines is 1. The average molecular weight is 304 g/mol. The van der Waals surface area contributed by atoms with Crippen molar-refractivity contribution in [1.82, 2.24) is 4.98 Å². The van der Waals surface area contributed by atoms with Gasteiger partial charge in [0.15, 0.2) is 0 Å². The van der Waals surface area contributed by atoms with E-state index < -0.39 is 24.7 Å². The Bertz CT molecular complexity index is 513. The van der Waals surface area contributed by atoms with Crippen LogP contribution < -0.4 is 4.90 Å². The fourth-order valence-corrected chi connectivity index (χ4v) is 1.82. The Morgan fingerprint density at radius 3 is 2.24 bits per heavy atom. The second-order valence-electron chi connectivity index (χ2n) is 5.44. The maximum atomic E-state index is 12.7. The lowest BCUT2D eigenvalue weighted by atomic mass is 10.1. The summed E-state index contributed by atoms with van der Waals surface area (Å²) in [6.07, 6.45) is -4.39. The maximum Gasteiger partial charge on any atom is 0.405 e. The van der Waals surface area contributed by atoms with Crippen LogP contribution in [-0.4, -0.2) is 34.8 Å². The van der Waals surface area contributed by atoms with E-state index in [9.17, 15) is 18.0 Å². The van der Waals surface area contributed by atoms with Crippen molar-refractivity contribution in [1.29, 1.82) is 0 Å². The summed E-state index contributed by atoms with van der Waals surface area (Å²) in [5.41, 5.74) is 0.397. The summed E-state index contributed by atoms with van der Waals surface area (Å²) >= 11 is 0. The standard InChI is InChI=1S/C14H19F3N2O2/c1-8(2)11-5-10(13(20)21)6-12(18-11)19(9(3)4)7-14(15,16)17/h5-6,8-9H,7H2,1-4H3,(H,20,21). The Balaban J connectivity index is 3.33. The van der Waals surface area contributed by atoms with E-state index in [1.165, 1.54) is 12.1 Å². The van der Waals surface area contributed by atoms with Crippen LogP contribution in [0.25, 0.3) is 0 Å². The number of hydrogen-bond acceptors (Lipinski definition) is 3. The minimum atomic E-state index is -4.39. The van der Waals surface area contributed by atoms with Crippen LogP contribution in [0.15, 0.2) is 12.1 Å². The summed E-state index contributed by atoms with van der Waals surface area (Å²) in [6, 6.07) is 2.12. The first-order valence-corrected chi connectivity index (χ1v) is 6.60. The minimum absolute atomic E-state index is 0.0333. The van der Waals surface area contributed by atoms with Crippen LogP contribution in [0.2, 0.25) is 0 Å². The molecular formula is C14H19F3N2O2. The van der Waals surface area contributed by atoms with Crippen LogP contribution in [-0.2, 0) is 0 Å². The fourth-order valence-electron chi connectivity index (χ4n) is 1.82. The summed E-state index contributed by atoms with van der Waals surface area (Å²) < 4.78 is 38.1. The molecule has 1 heterocycles. The Hall–Kier alpha value is -1.79. The van der Waals surface area contributed by atoms with Gasteiger partial charge in [0.2, 0.25) is 0 Å². The summed E-state index contributed by atoms with van der Waals surface area (Å²) in [5.74, 6) is -1.23. The third-order valence-corrected chi connectivity index (χ3v) is 2.94. The Morgan fingerprint density at radius 2 is 1.86 bits per heavy atom. The van der Waals surface area contributed by atoms with Crippen molar-refractivity contribution in [3.05, 3.63) is 23.4 Å². The fraction of sp³-hybridized carbons (Fsp3) is 0.571. The highest BCUT2D eigenvalue weighted by Gasteiger charge is 2.33. The van der Waals surface area contributed by atoms with Crippen LogP contribution in [0.3, 0.4) is 0 Å². The third-order valence-electron chi connectivity index (χ3n) is 2.94. The zero-order chi connectivity index (χ0) is 16.4. The lowest BCUT2D eigenvalue weighted by molar-refractivity contribution is -0.120. The molecule has 1 aromatic heterocycles. The molecule has 0 bridgehead atoms. The molecule has 0 spiro atoms. The molecule has 21 heavy (non-hydrogen) atoms. The molecule has 0 aliphatic rings. The second-order valence-corrected chi connectivity index (χ2v) is 5.44. The van der Waals surface area contributed by atoms with E-state index in [1.54, 1.807) is 27.7 Å². The molecular weight excluding hydrogens is 285 g/mol. The lowest BCUT2D eigenvalue weighted by Crippen LogP contribution is -2.40. The quantitative estimate of drug-likeness (QED) is 0.901. The monoisotopic (exact) mass is 304 g/mol. The third kappa shape index (κ3) is 4.91. The number of aromatic carboxylic acids is 1. The summed E-state index contributed by atoms with van der Waals surface area (Å²) in [4.78, 5) is 16.4. The Kier molecular flexibility index (Phi) is 5.20. The van der Waals surface area contributed by atoms with Crippen LogP contribution in [0.4, 0.5) is 19.0 Å². The van der Waals surface area contributed by atoms with Crippen molar-refractivity contribution in [2.75, 3.05) is 11.4 Å². The first-order valence-electron chi connectivity index (χ1n) is 6.60. The highest BCUT2D eigenvalue weighted by Crippen LogP contribution is 2.26. The molecule has 0 saturated carbocycles. The van der Waals surface area contributed by atoms with Gasteiger partial charge in [0.1, 0.15) is 12.4 Å². The van der Waals surface area contributed by atoms with Gasteiger partial charge in [0.25, 0.3) is 0 Å². The predicted molar refractivity (Wildman–Crippen MR) is 73.8 cm³/mol. The smallest absolute Gasteiger partial charge is 0.405 e. The normalized spacial score (nSPS) is 12.0.